The number of H-pyrrole nitrogens is 1. The Morgan fingerprint density at radius 2 is 2.00 bits per heavy atom. The van der Waals surface area contributed by atoms with Gasteiger partial charge in [-0.2, -0.15) is 10.1 Å². The van der Waals surface area contributed by atoms with Gasteiger partial charge in [-0.3, -0.25) is 0 Å². The van der Waals surface area contributed by atoms with Crippen LogP contribution in [0.15, 0.2) is 58.8 Å². The van der Waals surface area contributed by atoms with Gasteiger partial charge in [0.1, 0.15) is 11.5 Å². The lowest BCUT2D eigenvalue weighted by Gasteiger charge is -2.05. The van der Waals surface area contributed by atoms with Gasteiger partial charge in [-0.15, -0.1) is 5.10 Å². The van der Waals surface area contributed by atoms with E-state index in [0.717, 1.165) is 28.3 Å². The predicted molar refractivity (Wildman–Crippen MR) is 108 cm³/mol. The maximum atomic E-state index is 5.36. The minimum absolute atomic E-state index is 0.486. The van der Waals surface area contributed by atoms with Gasteiger partial charge in [0.05, 0.1) is 19.9 Å². The fourth-order valence-electron chi connectivity index (χ4n) is 2.37. The number of methoxy groups -OCH3 is 2. The molecule has 27 heavy (non-hydrogen) atoms. The monoisotopic (exact) mass is 383 g/mol. The fourth-order valence-corrected chi connectivity index (χ4v) is 3.16. The van der Waals surface area contributed by atoms with Crippen molar-refractivity contribution in [1.29, 1.82) is 0 Å². The van der Waals surface area contributed by atoms with Gasteiger partial charge in [0, 0.05) is 16.9 Å². The third kappa shape index (κ3) is 5.01. The molecule has 0 aliphatic rings. The van der Waals surface area contributed by atoms with E-state index in [1.54, 1.807) is 14.2 Å². The van der Waals surface area contributed by atoms with Gasteiger partial charge >= 0.3 is 0 Å². The third-order valence-corrected chi connectivity index (χ3v) is 4.73. The summed E-state index contributed by atoms with van der Waals surface area (Å²) < 4.78 is 10.6. The first kappa shape index (κ1) is 18.8. The molecule has 0 radical (unpaired) electrons. The first-order chi connectivity index (χ1) is 13.2. The molecule has 140 valence electrons. The van der Waals surface area contributed by atoms with E-state index >= 15 is 0 Å². The van der Waals surface area contributed by atoms with Crippen LogP contribution in [0.1, 0.15) is 18.1 Å². The number of rotatable bonds is 8. The van der Waals surface area contributed by atoms with E-state index in [2.05, 4.69) is 25.7 Å². The second-order valence-corrected chi connectivity index (χ2v) is 6.55. The van der Waals surface area contributed by atoms with Crippen LogP contribution in [-0.4, -0.2) is 35.1 Å². The van der Waals surface area contributed by atoms with Crippen molar-refractivity contribution >= 4 is 23.4 Å². The van der Waals surface area contributed by atoms with Crippen molar-refractivity contribution in [3.05, 3.63) is 59.7 Å². The van der Waals surface area contributed by atoms with Gasteiger partial charge in [0.25, 0.3) is 0 Å². The summed E-state index contributed by atoms with van der Waals surface area (Å²) in [5.41, 5.74) is 5.77. The number of anilines is 1. The Bertz CT molecular complexity index is 926. The average Bonchev–Trinajstić information content (AvgIpc) is 3.18. The number of para-hydroxylation sites is 1. The maximum Gasteiger partial charge on any atom is 0.240 e. The number of aromatic amines is 1. The Morgan fingerprint density at radius 3 is 2.81 bits per heavy atom. The summed E-state index contributed by atoms with van der Waals surface area (Å²) in [6, 6.07) is 15.6. The van der Waals surface area contributed by atoms with E-state index in [1.807, 2.05) is 55.5 Å². The molecule has 1 aromatic heterocycles. The molecule has 3 rings (SSSR count). The third-order valence-electron chi connectivity index (χ3n) is 3.83. The van der Waals surface area contributed by atoms with E-state index in [9.17, 15) is 0 Å². The summed E-state index contributed by atoms with van der Waals surface area (Å²) in [7, 11) is 3.31. The highest BCUT2D eigenvalue weighted by molar-refractivity contribution is 7.98. The molecule has 0 fully saturated rings. The van der Waals surface area contributed by atoms with Crippen LogP contribution in [0.5, 0.6) is 11.5 Å². The Kier molecular flexibility index (Phi) is 6.32. The van der Waals surface area contributed by atoms with Crippen molar-refractivity contribution in [3.63, 3.8) is 0 Å². The topological polar surface area (TPSA) is 84.4 Å². The number of hydrazone groups is 1. The van der Waals surface area contributed by atoms with Crippen molar-refractivity contribution < 1.29 is 9.47 Å². The smallest absolute Gasteiger partial charge is 0.240 e. The summed E-state index contributed by atoms with van der Waals surface area (Å²) in [6.45, 7) is 1.91. The summed E-state index contributed by atoms with van der Waals surface area (Å²) in [6.07, 6.45) is 0. The Morgan fingerprint density at radius 1 is 1.15 bits per heavy atom. The molecule has 3 aromatic rings. The van der Waals surface area contributed by atoms with E-state index in [4.69, 9.17) is 9.47 Å². The molecule has 0 bridgehead atoms. The van der Waals surface area contributed by atoms with Crippen LogP contribution >= 0.6 is 11.8 Å². The molecule has 0 aliphatic carbocycles. The standard InChI is InChI=1S/C19H21N5O2S/c1-13(14-8-6-9-16(11-14)25-2)21-22-18-20-19(24-23-18)27-12-15-7-4-5-10-17(15)26-3/h4-11H,12H2,1-3H3,(H2,20,22,23,24)/b21-13+. The first-order valence-corrected chi connectivity index (χ1v) is 9.30. The molecule has 0 saturated carbocycles. The largest absolute Gasteiger partial charge is 0.497 e. The summed E-state index contributed by atoms with van der Waals surface area (Å²) in [4.78, 5) is 4.39. The molecule has 2 N–H and O–H groups in total. The zero-order valence-electron chi connectivity index (χ0n) is 15.4. The SMILES string of the molecule is COc1cccc(/C(C)=N/Nc2nc(SCc3ccccc3OC)n[nH]2)c1. The normalized spacial score (nSPS) is 11.3. The number of benzene rings is 2. The Balaban J connectivity index is 1.60. The van der Waals surface area contributed by atoms with Crippen LogP contribution in [0, 0.1) is 0 Å². The number of thioether (sulfide) groups is 1. The first-order valence-electron chi connectivity index (χ1n) is 8.31. The van der Waals surface area contributed by atoms with Crippen LogP contribution < -0.4 is 14.9 Å². The predicted octanol–water partition coefficient (Wildman–Crippen LogP) is 3.95. The van der Waals surface area contributed by atoms with Gasteiger partial charge in [-0.05, 0) is 25.1 Å². The van der Waals surface area contributed by atoms with E-state index in [0.29, 0.717) is 16.9 Å². The lowest BCUT2D eigenvalue weighted by molar-refractivity contribution is 0.411. The minimum Gasteiger partial charge on any atom is -0.497 e. The number of ether oxygens (including phenoxy) is 2. The van der Waals surface area contributed by atoms with Gasteiger partial charge in [-0.25, -0.2) is 10.5 Å². The van der Waals surface area contributed by atoms with Gasteiger partial charge in [0.2, 0.25) is 11.1 Å². The van der Waals surface area contributed by atoms with Crippen LogP contribution in [0.2, 0.25) is 0 Å². The molecule has 0 atom stereocenters. The molecule has 0 aliphatic heterocycles. The molecular formula is C19H21N5O2S. The van der Waals surface area contributed by atoms with Crippen molar-refractivity contribution in [2.24, 2.45) is 5.10 Å². The molecule has 2 aromatic carbocycles. The maximum absolute atomic E-state index is 5.36. The van der Waals surface area contributed by atoms with E-state index < -0.39 is 0 Å². The number of nitrogens with one attached hydrogen (secondary N) is 2. The molecular weight excluding hydrogens is 362 g/mol. The van der Waals surface area contributed by atoms with Gasteiger partial charge < -0.3 is 9.47 Å². The fraction of sp³-hybridized carbons (Fsp3) is 0.211. The van der Waals surface area contributed by atoms with Crippen molar-refractivity contribution in [1.82, 2.24) is 15.2 Å². The summed E-state index contributed by atoms with van der Waals surface area (Å²) in [5, 5.41) is 12.0. The zero-order chi connectivity index (χ0) is 19.1. The highest BCUT2D eigenvalue weighted by Gasteiger charge is 2.07. The Labute approximate surface area is 162 Å². The van der Waals surface area contributed by atoms with Crippen molar-refractivity contribution in [2.75, 3.05) is 19.6 Å². The van der Waals surface area contributed by atoms with Gasteiger partial charge in [0.15, 0.2) is 0 Å². The zero-order valence-corrected chi connectivity index (χ0v) is 16.2. The van der Waals surface area contributed by atoms with E-state index in [-0.39, 0.29) is 0 Å². The van der Waals surface area contributed by atoms with Crippen LogP contribution in [0.25, 0.3) is 0 Å². The number of hydrogen-bond acceptors (Lipinski definition) is 7. The molecule has 1 heterocycles. The van der Waals surface area contributed by atoms with E-state index in [1.165, 1.54) is 11.8 Å². The van der Waals surface area contributed by atoms with Crippen LogP contribution in [0.3, 0.4) is 0 Å². The second-order valence-electron chi connectivity index (χ2n) is 5.61. The highest BCUT2D eigenvalue weighted by Crippen LogP contribution is 2.26. The summed E-state index contributed by atoms with van der Waals surface area (Å²) in [5.74, 6) is 2.85. The molecule has 0 amide bonds. The van der Waals surface area contributed by atoms with Crippen LogP contribution in [0.4, 0.5) is 5.95 Å². The summed E-state index contributed by atoms with van der Waals surface area (Å²) >= 11 is 1.52. The van der Waals surface area contributed by atoms with Crippen molar-refractivity contribution in [3.8, 4) is 11.5 Å². The molecule has 0 spiro atoms. The second kappa shape index (κ2) is 9.09. The number of aromatic nitrogens is 3. The minimum atomic E-state index is 0.486. The quantitative estimate of drug-likeness (QED) is 0.348. The molecule has 7 nitrogen and oxygen atoms in total. The van der Waals surface area contributed by atoms with Crippen molar-refractivity contribution in [2.45, 2.75) is 17.8 Å². The van der Waals surface area contributed by atoms with Gasteiger partial charge in [-0.1, -0.05) is 42.1 Å². The van der Waals surface area contributed by atoms with Crippen LogP contribution in [-0.2, 0) is 5.75 Å². The average molecular weight is 383 g/mol. The number of hydrogen-bond donors (Lipinski definition) is 2. The molecule has 0 unspecified atom stereocenters. The molecule has 0 saturated heterocycles. The lowest BCUT2D eigenvalue weighted by atomic mass is 10.1. The highest BCUT2D eigenvalue weighted by atomic mass is 32.2. The lowest BCUT2D eigenvalue weighted by Crippen LogP contribution is -2.01. The Hall–Kier alpha value is -3.00. The number of nitrogens with zero attached hydrogens (tertiary/aromatic N) is 3. The molecule has 8 heteroatoms.